The number of amides is 1. The van der Waals surface area contributed by atoms with Crippen molar-refractivity contribution in [1.29, 1.82) is 0 Å². The second kappa shape index (κ2) is 8.60. The minimum atomic E-state index is -0.668. The standard InChI is InChI=1S/C20H17ClFN3O2/c1-13-5-7-14(8-6-13)17-9-10-18(25-24-17)27-12-11-23-20(26)19-15(21)3-2-4-16(19)22/h2-10H,11-12H2,1H3,(H,23,26). The van der Waals surface area contributed by atoms with E-state index < -0.39 is 11.7 Å². The van der Waals surface area contributed by atoms with Crippen LogP contribution >= 0.6 is 11.6 Å². The summed E-state index contributed by atoms with van der Waals surface area (Å²) in [6.07, 6.45) is 0. The van der Waals surface area contributed by atoms with Gasteiger partial charge in [-0.2, -0.15) is 0 Å². The molecule has 3 rings (SSSR count). The van der Waals surface area contributed by atoms with Gasteiger partial charge in [-0.25, -0.2) is 4.39 Å². The van der Waals surface area contributed by atoms with Crippen LogP contribution in [-0.2, 0) is 0 Å². The Kier molecular flexibility index (Phi) is 5.98. The highest BCUT2D eigenvalue weighted by Crippen LogP contribution is 2.19. The molecule has 0 saturated heterocycles. The Balaban J connectivity index is 1.51. The molecule has 0 fully saturated rings. The van der Waals surface area contributed by atoms with Crippen LogP contribution in [0.5, 0.6) is 5.88 Å². The van der Waals surface area contributed by atoms with E-state index >= 15 is 0 Å². The van der Waals surface area contributed by atoms with Crippen molar-refractivity contribution < 1.29 is 13.9 Å². The Morgan fingerprint density at radius 1 is 1.11 bits per heavy atom. The fourth-order valence-electron chi connectivity index (χ4n) is 2.40. The van der Waals surface area contributed by atoms with Crippen LogP contribution in [0.15, 0.2) is 54.6 Å². The number of aryl methyl sites for hydroxylation is 1. The van der Waals surface area contributed by atoms with Crippen molar-refractivity contribution in [3.05, 3.63) is 76.6 Å². The number of rotatable bonds is 6. The van der Waals surface area contributed by atoms with Crippen LogP contribution in [0.3, 0.4) is 0 Å². The van der Waals surface area contributed by atoms with Crippen LogP contribution in [0.25, 0.3) is 11.3 Å². The van der Waals surface area contributed by atoms with Gasteiger partial charge < -0.3 is 10.1 Å². The summed E-state index contributed by atoms with van der Waals surface area (Å²) in [5.74, 6) is -0.926. The SMILES string of the molecule is Cc1ccc(-c2ccc(OCCNC(=O)c3c(F)cccc3Cl)nn2)cc1. The van der Waals surface area contributed by atoms with E-state index in [1.807, 2.05) is 37.3 Å². The number of hydrogen-bond donors (Lipinski definition) is 1. The average Bonchev–Trinajstić information content (AvgIpc) is 2.66. The van der Waals surface area contributed by atoms with Gasteiger partial charge in [0.25, 0.3) is 5.91 Å². The number of nitrogens with zero attached hydrogens (tertiary/aromatic N) is 2. The van der Waals surface area contributed by atoms with Crippen molar-refractivity contribution >= 4 is 17.5 Å². The number of carbonyl (C=O) groups is 1. The maximum Gasteiger partial charge on any atom is 0.255 e. The van der Waals surface area contributed by atoms with Gasteiger partial charge in [0, 0.05) is 11.6 Å². The van der Waals surface area contributed by atoms with Gasteiger partial charge in [-0.05, 0) is 25.1 Å². The average molecular weight is 386 g/mol. The van der Waals surface area contributed by atoms with Gasteiger partial charge in [-0.15, -0.1) is 10.2 Å². The largest absolute Gasteiger partial charge is 0.475 e. The molecule has 0 spiro atoms. The molecule has 3 aromatic rings. The zero-order chi connectivity index (χ0) is 19.2. The molecular weight excluding hydrogens is 369 g/mol. The Morgan fingerprint density at radius 3 is 2.56 bits per heavy atom. The summed E-state index contributed by atoms with van der Waals surface area (Å²) in [7, 11) is 0. The molecule has 0 unspecified atom stereocenters. The first-order valence-electron chi connectivity index (χ1n) is 8.30. The number of carbonyl (C=O) groups excluding carboxylic acids is 1. The fraction of sp³-hybridized carbons (Fsp3) is 0.150. The second-order valence-electron chi connectivity index (χ2n) is 5.82. The van der Waals surface area contributed by atoms with Gasteiger partial charge in [0.05, 0.1) is 22.8 Å². The van der Waals surface area contributed by atoms with Crippen molar-refractivity contribution in [2.24, 2.45) is 0 Å². The fourth-order valence-corrected chi connectivity index (χ4v) is 2.65. The zero-order valence-electron chi connectivity index (χ0n) is 14.6. The lowest BCUT2D eigenvalue weighted by Crippen LogP contribution is -2.29. The highest BCUT2D eigenvalue weighted by Gasteiger charge is 2.15. The highest BCUT2D eigenvalue weighted by molar-refractivity contribution is 6.33. The molecule has 0 radical (unpaired) electrons. The first-order valence-corrected chi connectivity index (χ1v) is 8.68. The number of nitrogens with one attached hydrogen (secondary N) is 1. The summed E-state index contributed by atoms with van der Waals surface area (Å²) in [4.78, 5) is 12.0. The molecule has 0 bridgehead atoms. The van der Waals surface area contributed by atoms with E-state index in [0.717, 1.165) is 11.3 Å². The Bertz CT molecular complexity index is 911. The molecule has 5 nitrogen and oxygen atoms in total. The molecule has 2 aromatic carbocycles. The zero-order valence-corrected chi connectivity index (χ0v) is 15.3. The molecule has 1 heterocycles. The minimum absolute atomic E-state index is 0.0611. The second-order valence-corrected chi connectivity index (χ2v) is 6.23. The van der Waals surface area contributed by atoms with E-state index in [1.165, 1.54) is 23.8 Å². The van der Waals surface area contributed by atoms with Crippen LogP contribution in [-0.4, -0.2) is 29.3 Å². The van der Waals surface area contributed by atoms with Gasteiger partial charge in [0.15, 0.2) is 0 Å². The maximum absolute atomic E-state index is 13.7. The van der Waals surface area contributed by atoms with E-state index in [-0.39, 0.29) is 23.7 Å². The highest BCUT2D eigenvalue weighted by atomic mass is 35.5. The molecule has 0 aliphatic rings. The summed E-state index contributed by atoms with van der Waals surface area (Å²) in [5, 5.41) is 10.8. The van der Waals surface area contributed by atoms with Crippen LogP contribution in [0, 0.1) is 12.7 Å². The lowest BCUT2D eigenvalue weighted by Gasteiger charge is -2.09. The summed E-state index contributed by atoms with van der Waals surface area (Å²) >= 11 is 5.86. The number of hydrogen-bond acceptors (Lipinski definition) is 4. The van der Waals surface area contributed by atoms with Crippen molar-refractivity contribution in [3.8, 4) is 17.1 Å². The van der Waals surface area contributed by atoms with Crippen LogP contribution in [0.2, 0.25) is 5.02 Å². The van der Waals surface area contributed by atoms with Crippen LogP contribution in [0.1, 0.15) is 15.9 Å². The van der Waals surface area contributed by atoms with E-state index in [2.05, 4.69) is 15.5 Å². The van der Waals surface area contributed by atoms with Gasteiger partial charge in [-0.1, -0.05) is 47.5 Å². The third kappa shape index (κ3) is 4.80. The molecule has 0 aliphatic carbocycles. The minimum Gasteiger partial charge on any atom is -0.475 e. The van der Waals surface area contributed by atoms with Gasteiger partial charge in [0.2, 0.25) is 5.88 Å². The molecular formula is C20H17ClFN3O2. The number of halogens is 2. The Labute approximate surface area is 161 Å². The van der Waals surface area contributed by atoms with E-state index in [0.29, 0.717) is 5.88 Å². The molecule has 7 heteroatoms. The number of aromatic nitrogens is 2. The van der Waals surface area contributed by atoms with E-state index in [1.54, 1.807) is 6.07 Å². The van der Waals surface area contributed by atoms with Gasteiger partial charge in [0.1, 0.15) is 12.4 Å². The molecule has 138 valence electrons. The molecule has 0 aliphatic heterocycles. The van der Waals surface area contributed by atoms with Crippen molar-refractivity contribution in [2.75, 3.05) is 13.2 Å². The molecule has 1 N–H and O–H groups in total. The topological polar surface area (TPSA) is 64.1 Å². The summed E-state index contributed by atoms with van der Waals surface area (Å²) in [6.45, 7) is 2.35. The monoisotopic (exact) mass is 385 g/mol. The normalized spacial score (nSPS) is 10.5. The van der Waals surface area contributed by atoms with Gasteiger partial charge >= 0.3 is 0 Å². The molecule has 1 aromatic heterocycles. The first kappa shape index (κ1) is 18.8. The molecule has 0 atom stereocenters. The smallest absolute Gasteiger partial charge is 0.255 e. The van der Waals surface area contributed by atoms with E-state index in [4.69, 9.17) is 16.3 Å². The molecule has 0 saturated carbocycles. The Hall–Kier alpha value is -2.99. The lowest BCUT2D eigenvalue weighted by molar-refractivity contribution is 0.0942. The third-order valence-corrected chi connectivity index (χ3v) is 4.13. The Morgan fingerprint density at radius 2 is 1.89 bits per heavy atom. The number of benzene rings is 2. The van der Waals surface area contributed by atoms with Crippen LogP contribution < -0.4 is 10.1 Å². The molecule has 1 amide bonds. The quantitative estimate of drug-likeness (QED) is 0.650. The predicted molar refractivity (Wildman–Crippen MR) is 101 cm³/mol. The summed E-state index contributed by atoms with van der Waals surface area (Å²) in [6, 6.07) is 15.6. The van der Waals surface area contributed by atoms with E-state index in [9.17, 15) is 9.18 Å². The predicted octanol–water partition coefficient (Wildman–Crippen LogP) is 4.05. The van der Waals surface area contributed by atoms with Crippen molar-refractivity contribution in [1.82, 2.24) is 15.5 Å². The number of ether oxygens (including phenoxy) is 1. The lowest BCUT2D eigenvalue weighted by atomic mass is 10.1. The molecule has 27 heavy (non-hydrogen) atoms. The van der Waals surface area contributed by atoms with Crippen LogP contribution in [0.4, 0.5) is 4.39 Å². The van der Waals surface area contributed by atoms with Crippen molar-refractivity contribution in [3.63, 3.8) is 0 Å². The third-order valence-electron chi connectivity index (χ3n) is 3.81. The summed E-state index contributed by atoms with van der Waals surface area (Å²) in [5.41, 5.74) is 2.70. The summed E-state index contributed by atoms with van der Waals surface area (Å²) < 4.78 is 19.1. The maximum atomic E-state index is 13.7. The first-order chi connectivity index (χ1) is 13.0. The van der Waals surface area contributed by atoms with Crippen molar-refractivity contribution in [2.45, 2.75) is 6.92 Å². The van der Waals surface area contributed by atoms with Gasteiger partial charge in [-0.3, -0.25) is 4.79 Å².